The summed E-state index contributed by atoms with van der Waals surface area (Å²) in [6.07, 6.45) is 0. The number of hydrogen-bond donors (Lipinski definition) is 2. The molecule has 0 radical (unpaired) electrons. The maximum Gasteiger partial charge on any atom is 0.236 e. The second kappa shape index (κ2) is 6.12. The molecule has 0 spiro atoms. The zero-order chi connectivity index (χ0) is 12.0. The molecule has 0 saturated heterocycles. The van der Waals surface area contributed by atoms with Gasteiger partial charge in [0.2, 0.25) is 5.91 Å². The lowest BCUT2D eigenvalue weighted by atomic mass is 10.2. The number of benzene rings is 1. The maximum atomic E-state index is 11.1. The Morgan fingerprint density at radius 3 is 2.94 bits per heavy atom. The van der Waals surface area contributed by atoms with Crippen molar-refractivity contribution in [1.29, 1.82) is 0 Å². The van der Waals surface area contributed by atoms with Crippen LogP contribution in [-0.2, 0) is 4.79 Å². The summed E-state index contributed by atoms with van der Waals surface area (Å²) in [5.41, 5.74) is 6.55. The first-order valence-corrected chi connectivity index (χ1v) is 5.32. The Morgan fingerprint density at radius 1 is 1.56 bits per heavy atom. The van der Waals surface area contributed by atoms with Crippen molar-refractivity contribution in [3.63, 3.8) is 0 Å². The van der Waals surface area contributed by atoms with Crippen LogP contribution in [-0.4, -0.2) is 25.1 Å². The van der Waals surface area contributed by atoms with Crippen LogP contribution >= 0.6 is 0 Å². The van der Waals surface area contributed by atoms with E-state index in [9.17, 15) is 4.79 Å². The quantitative estimate of drug-likeness (QED) is 0.725. The van der Waals surface area contributed by atoms with Gasteiger partial charge in [0.15, 0.2) is 0 Å². The van der Waals surface area contributed by atoms with Gasteiger partial charge in [-0.2, -0.15) is 0 Å². The molecule has 1 amide bonds. The SMILES string of the molecule is Cc1cccc(OCCNC(=O)[C@H](C)N)c1. The van der Waals surface area contributed by atoms with E-state index < -0.39 is 6.04 Å². The average molecular weight is 222 g/mol. The van der Waals surface area contributed by atoms with E-state index in [0.717, 1.165) is 11.3 Å². The highest BCUT2D eigenvalue weighted by atomic mass is 16.5. The van der Waals surface area contributed by atoms with Crippen molar-refractivity contribution in [3.05, 3.63) is 29.8 Å². The molecule has 4 heteroatoms. The van der Waals surface area contributed by atoms with Gasteiger partial charge in [-0.25, -0.2) is 0 Å². The van der Waals surface area contributed by atoms with Crippen molar-refractivity contribution >= 4 is 5.91 Å². The van der Waals surface area contributed by atoms with Crippen LogP contribution in [0.1, 0.15) is 12.5 Å². The van der Waals surface area contributed by atoms with Crippen LogP contribution in [0, 0.1) is 6.92 Å². The van der Waals surface area contributed by atoms with Crippen LogP contribution in [0.15, 0.2) is 24.3 Å². The zero-order valence-electron chi connectivity index (χ0n) is 9.69. The minimum Gasteiger partial charge on any atom is -0.492 e. The third-order valence-corrected chi connectivity index (χ3v) is 2.07. The van der Waals surface area contributed by atoms with E-state index in [1.54, 1.807) is 6.92 Å². The fourth-order valence-electron chi connectivity index (χ4n) is 1.21. The smallest absolute Gasteiger partial charge is 0.236 e. The number of rotatable bonds is 5. The molecule has 1 rings (SSSR count). The van der Waals surface area contributed by atoms with Crippen LogP contribution in [0.4, 0.5) is 0 Å². The molecular weight excluding hydrogens is 204 g/mol. The van der Waals surface area contributed by atoms with Crippen LogP contribution < -0.4 is 15.8 Å². The van der Waals surface area contributed by atoms with Crippen molar-refractivity contribution < 1.29 is 9.53 Å². The Morgan fingerprint density at radius 2 is 2.31 bits per heavy atom. The lowest BCUT2D eigenvalue weighted by Gasteiger charge is -2.09. The topological polar surface area (TPSA) is 64.3 Å². The maximum absolute atomic E-state index is 11.1. The summed E-state index contributed by atoms with van der Waals surface area (Å²) in [7, 11) is 0. The molecule has 1 aromatic carbocycles. The normalized spacial score (nSPS) is 11.9. The standard InChI is InChI=1S/C12H18N2O2/c1-9-4-3-5-11(8-9)16-7-6-14-12(15)10(2)13/h3-5,8,10H,6-7,13H2,1-2H3,(H,14,15)/t10-/m0/s1. The minimum atomic E-state index is -0.473. The lowest BCUT2D eigenvalue weighted by molar-refractivity contribution is -0.122. The minimum absolute atomic E-state index is 0.159. The van der Waals surface area contributed by atoms with Gasteiger partial charge in [-0.05, 0) is 31.5 Å². The van der Waals surface area contributed by atoms with Gasteiger partial charge in [0.25, 0.3) is 0 Å². The third-order valence-electron chi connectivity index (χ3n) is 2.07. The van der Waals surface area contributed by atoms with Crippen molar-refractivity contribution in [3.8, 4) is 5.75 Å². The molecule has 0 fully saturated rings. The molecule has 0 aromatic heterocycles. The van der Waals surface area contributed by atoms with E-state index in [2.05, 4.69) is 5.32 Å². The van der Waals surface area contributed by atoms with E-state index >= 15 is 0 Å². The predicted molar refractivity (Wildman–Crippen MR) is 63.3 cm³/mol. The Kier molecular flexibility index (Phi) is 4.79. The Balaban J connectivity index is 2.23. The molecule has 0 aliphatic rings. The number of ether oxygens (including phenoxy) is 1. The van der Waals surface area contributed by atoms with Gasteiger partial charge in [-0.15, -0.1) is 0 Å². The van der Waals surface area contributed by atoms with Gasteiger partial charge >= 0.3 is 0 Å². The number of carbonyl (C=O) groups is 1. The number of amides is 1. The number of nitrogens with one attached hydrogen (secondary N) is 1. The van der Waals surface area contributed by atoms with Gasteiger partial charge < -0.3 is 15.8 Å². The molecule has 0 heterocycles. The first-order chi connectivity index (χ1) is 7.59. The summed E-state index contributed by atoms with van der Waals surface area (Å²) in [5, 5.41) is 2.68. The highest BCUT2D eigenvalue weighted by Crippen LogP contribution is 2.11. The predicted octanol–water partition coefficient (Wildman–Crippen LogP) is 0.837. The molecule has 1 atom stereocenters. The molecule has 0 aliphatic carbocycles. The molecule has 88 valence electrons. The first-order valence-electron chi connectivity index (χ1n) is 5.32. The van der Waals surface area contributed by atoms with Crippen molar-refractivity contribution in [2.45, 2.75) is 19.9 Å². The second-order valence-corrected chi connectivity index (χ2v) is 3.74. The molecule has 3 N–H and O–H groups in total. The fourth-order valence-corrected chi connectivity index (χ4v) is 1.21. The largest absolute Gasteiger partial charge is 0.492 e. The van der Waals surface area contributed by atoms with Crippen LogP contribution in [0.2, 0.25) is 0 Å². The number of hydrogen-bond acceptors (Lipinski definition) is 3. The van der Waals surface area contributed by atoms with Gasteiger partial charge in [0.1, 0.15) is 12.4 Å². The molecular formula is C12H18N2O2. The fraction of sp³-hybridized carbons (Fsp3) is 0.417. The van der Waals surface area contributed by atoms with E-state index in [4.69, 9.17) is 10.5 Å². The van der Waals surface area contributed by atoms with Gasteiger partial charge in [0.05, 0.1) is 12.6 Å². The molecule has 4 nitrogen and oxygen atoms in total. The summed E-state index contributed by atoms with van der Waals surface area (Å²) < 4.78 is 5.46. The summed E-state index contributed by atoms with van der Waals surface area (Å²) >= 11 is 0. The molecule has 0 aliphatic heterocycles. The van der Waals surface area contributed by atoms with Crippen LogP contribution in [0.3, 0.4) is 0 Å². The summed E-state index contributed by atoms with van der Waals surface area (Å²) in [5.74, 6) is 0.655. The molecule has 0 saturated carbocycles. The second-order valence-electron chi connectivity index (χ2n) is 3.74. The Hall–Kier alpha value is -1.55. The van der Waals surface area contributed by atoms with E-state index in [-0.39, 0.29) is 5.91 Å². The molecule has 16 heavy (non-hydrogen) atoms. The highest BCUT2D eigenvalue weighted by Gasteiger charge is 2.05. The van der Waals surface area contributed by atoms with E-state index in [1.165, 1.54) is 0 Å². The van der Waals surface area contributed by atoms with Gasteiger partial charge in [-0.1, -0.05) is 12.1 Å². The van der Waals surface area contributed by atoms with Crippen molar-refractivity contribution in [1.82, 2.24) is 5.32 Å². The zero-order valence-corrected chi connectivity index (χ0v) is 9.69. The summed E-state index contributed by atoms with van der Waals surface area (Å²) in [6, 6.07) is 7.31. The van der Waals surface area contributed by atoms with E-state index in [1.807, 2.05) is 31.2 Å². The van der Waals surface area contributed by atoms with Crippen LogP contribution in [0.5, 0.6) is 5.75 Å². The van der Waals surface area contributed by atoms with Crippen LogP contribution in [0.25, 0.3) is 0 Å². The Bertz CT molecular complexity index is 351. The highest BCUT2D eigenvalue weighted by molar-refractivity contribution is 5.80. The van der Waals surface area contributed by atoms with Crippen molar-refractivity contribution in [2.24, 2.45) is 5.73 Å². The molecule has 1 aromatic rings. The lowest BCUT2D eigenvalue weighted by Crippen LogP contribution is -2.40. The monoisotopic (exact) mass is 222 g/mol. The average Bonchev–Trinajstić information content (AvgIpc) is 2.24. The number of nitrogens with two attached hydrogens (primary N) is 1. The Labute approximate surface area is 95.8 Å². The van der Waals surface area contributed by atoms with Gasteiger partial charge in [0, 0.05) is 0 Å². The number of aryl methyl sites for hydroxylation is 1. The van der Waals surface area contributed by atoms with Gasteiger partial charge in [-0.3, -0.25) is 4.79 Å². The van der Waals surface area contributed by atoms with E-state index in [0.29, 0.717) is 13.2 Å². The summed E-state index contributed by atoms with van der Waals surface area (Å²) in [4.78, 5) is 11.1. The summed E-state index contributed by atoms with van der Waals surface area (Å²) in [6.45, 7) is 4.57. The number of carbonyl (C=O) groups excluding carboxylic acids is 1. The van der Waals surface area contributed by atoms with Crippen molar-refractivity contribution in [2.75, 3.05) is 13.2 Å². The first kappa shape index (κ1) is 12.5. The molecule has 0 unspecified atom stereocenters. The molecule has 0 bridgehead atoms. The third kappa shape index (κ3) is 4.31.